The van der Waals surface area contributed by atoms with Gasteiger partial charge in [0.1, 0.15) is 0 Å². The molecule has 1 N–H and O–H groups in total. The van der Waals surface area contributed by atoms with Crippen molar-refractivity contribution in [2.75, 3.05) is 13.2 Å². The molecule has 0 aromatic rings. The summed E-state index contributed by atoms with van der Waals surface area (Å²) in [4.78, 5) is 0. The molecule has 2 unspecified atom stereocenters. The van der Waals surface area contributed by atoms with Crippen LogP contribution in [0.1, 0.15) is 52.9 Å². The Morgan fingerprint density at radius 2 is 1.65 bits per heavy atom. The fraction of sp³-hybridized carbons (Fsp3) is 1.00. The van der Waals surface area contributed by atoms with Crippen molar-refractivity contribution in [2.24, 2.45) is 5.92 Å². The molecule has 0 radical (unpaired) electrons. The van der Waals surface area contributed by atoms with Crippen molar-refractivity contribution in [3.63, 3.8) is 0 Å². The Kier molecular flexibility index (Phi) is 4.45. The van der Waals surface area contributed by atoms with Crippen LogP contribution in [0, 0.1) is 5.92 Å². The summed E-state index contributed by atoms with van der Waals surface area (Å²) in [5, 5.41) is 3.71. The lowest BCUT2D eigenvalue weighted by molar-refractivity contribution is -0.253. The molecule has 100 valence electrons. The molecule has 17 heavy (non-hydrogen) atoms. The second kappa shape index (κ2) is 5.68. The van der Waals surface area contributed by atoms with E-state index in [-0.39, 0.29) is 0 Å². The molecule has 3 nitrogen and oxygen atoms in total. The molecule has 2 aliphatic rings. The van der Waals surface area contributed by atoms with Crippen molar-refractivity contribution in [1.29, 1.82) is 0 Å². The SMILES string of the molecule is CC1CCCC(NC2COC(C)(C)OC2)CC1. The molecule has 1 saturated carbocycles. The monoisotopic (exact) mass is 241 g/mol. The zero-order chi connectivity index (χ0) is 12.3. The summed E-state index contributed by atoms with van der Waals surface area (Å²) >= 11 is 0. The van der Waals surface area contributed by atoms with Gasteiger partial charge >= 0.3 is 0 Å². The van der Waals surface area contributed by atoms with Crippen LogP contribution in [0.25, 0.3) is 0 Å². The Morgan fingerprint density at radius 3 is 2.35 bits per heavy atom. The predicted molar refractivity (Wildman–Crippen MR) is 68.9 cm³/mol. The molecule has 0 spiro atoms. The molecule has 0 bridgehead atoms. The first-order valence-corrected chi connectivity index (χ1v) is 7.09. The maximum absolute atomic E-state index is 5.69. The van der Waals surface area contributed by atoms with Crippen molar-refractivity contribution < 1.29 is 9.47 Å². The van der Waals surface area contributed by atoms with Crippen LogP contribution < -0.4 is 5.32 Å². The third-order valence-electron chi connectivity index (χ3n) is 3.99. The molecule has 1 aliphatic carbocycles. The molecule has 0 aromatic heterocycles. The normalized spacial score (nSPS) is 35.5. The number of nitrogens with one attached hydrogen (secondary N) is 1. The van der Waals surface area contributed by atoms with E-state index in [1.54, 1.807) is 0 Å². The fourth-order valence-electron chi connectivity index (χ4n) is 2.78. The quantitative estimate of drug-likeness (QED) is 0.754. The average Bonchev–Trinajstić information content (AvgIpc) is 2.47. The van der Waals surface area contributed by atoms with Crippen molar-refractivity contribution in [2.45, 2.75) is 70.7 Å². The molecule has 0 amide bonds. The van der Waals surface area contributed by atoms with E-state index in [0.717, 1.165) is 19.1 Å². The molecule has 1 saturated heterocycles. The summed E-state index contributed by atoms with van der Waals surface area (Å²) in [6, 6.07) is 1.04. The van der Waals surface area contributed by atoms with Crippen molar-refractivity contribution in [3.8, 4) is 0 Å². The lowest BCUT2D eigenvalue weighted by atomic mass is 10.0. The number of rotatable bonds is 2. The van der Waals surface area contributed by atoms with Gasteiger partial charge in [-0.2, -0.15) is 0 Å². The topological polar surface area (TPSA) is 30.5 Å². The zero-order valence-electron chi connectivity index (χ0n) is 11.5. The summed E-state index contributed by atoms with van der Waals surface area (Å²) < 4.78 is 11.4. The van der Waals surface area contributed by atoms with E-state index in [1.807, 2.05) is 13.8 Å². The molecule has 0 aromatic carbocycles. The van der Waals surface area contributed by atoms with Gasteiger partial charge < -0.3 is 14.8 Å². The van der Waals surface area contributed by atoms with Gasteiger partial charge in [-0.25, -0.2) is 0 Å². The van der Waals surface area contributed by atoms with E-state index in [1.165, 1.54) is 32.1 Å². The van der Waals surface area contributed by atoms with E-state index in [0.29, 0.717) is 12.1 Å². The van der Waals surface area contributed by atoms with Gasteiger partial charge in [0.05, 0.1) is 19.3 Å². The highest BCUT2D eigenvalue weighted by Gasteiger charge is 2.29. The highest BCUT2D eigenvalue weighted by atomic mass is 16.7. The molecular weight excluding hydrogens is 214 g/mol. The minimum atomic E-state index is -0.393. The van der Waals surface area contributed by atoms with Crippen LogP contribution in [0.5, 0.6) is 0 Å². The second-order valence-electron chi connectivity index (χ2n) is 6.20. The minimum absolute atomic E-state index is 0.376. The third-order valence-corrected chi connectivity index (χ3v) is 3.99. The Balaban J connectivity index is 1.74. The summed E-state index contributed by atoms with van der Waals surface area (Å²) in [5.41, 5.74) is 0. The van der Waals surface area contributed by atoms with E-state index >= 15 is 0 Å². The Morgan fingerprint density at radius 1 is 0.941 bits per heavy atom. The largest absolute Gasteiger partial charge is 0.349 e. The Labute approximate surface area is 105 Å². The maximum atomic E-state index is 5.69. The summed E-state index contributed by atoms with van der Waals surface area (Å²) in [6.07, 6.45) is 6.73. The summed E-state index contributed by atoms with van der Waals surface area (Å²) in [6.45, 7) is 7.89. The highest BCUT2D eigenvalue weighted by Crippen LogP contribution is 2.24. The van der Waals surface area contributed by atoms with E-state index < -0.39 is 5.79 Å². The maximum Gasteiger partial charge on any atom is 0.162 e. The van der Waals surface area contributed by atoms with E-state index in [4.69, 9.17) is 9.47 Å². The van der Waals surface area contributed by atoms with E-state index in [9.17, 15) is 0 Å². The fourth-order valence-corrected chi connectivity index (χ4v) is 2.78. The number of hydrogen-bond donors (Lipinski definition) is 1. The van der Waals surface area contributed by atoms with Crippen LogP contribution in [0.2, 0.25) is 0 Å². The molecule has 2 rings (SSSR count). The molecule has 1 heterocycles. The van der Waals surface area contributed by atoms with Crippen LogP contribution in [0.4, 0.5) is 0 Å². The molecule has 3 heteroatoms. The van der Waals surface area contributed by atoms with E-state index in [2.05, 4.69) is 12.2 Å². The smallest absolute Gasteiger partial charge is 0.162 e. The van der Waals surface area contributed by atoms with Gasteiger partial charge in [0.2, 0.25) is 0 Å². The molecule has 1 aliphatic heterocycles. The van der Waals surface area contributed by atoms with Gasteiger partial charge in [0.25, 0.3) is 0 Å². The Bertz CT molecular complexity index is 232. The van der Waals surface area contributed by atoms with Crippen LogP contribution in [-0.2, 0) is 9.47 Å². The van der Waals surface area contributed by atoms with Crippen LogP contribution >= 0.6 is 0 Å². The van der Waals surface area contributed by atoms with Gasteiger partial charge in [-0.05, 0) is 39.0 Å². The average molecular weight is 241 g/mol. The summed E-state index contributed by atoms with van der Waals surface area (Å²) in [7, 11) is 0. The first kappa shape index (κ1) is 13.3. The first-order chi connectivity index (χ1) is 8.05. The number of hydrogen-bond acceptors (Lipinski definition) is 3. The second-order valence-corrected chi connectivity index (χ2v) is 6.20. The van der Waals surface area contributed by atoms with Crippen molar-refractivity contribution in [1.82, 2.24) is 5.32 Å². The molecular formula is C14H27NO2. The zero-order valence-corrected chi connectivity index (χ0v) is 11.5. The third kappa shape index (κ3) is 4.23. The van der Waals surface area contributed by atoms with Crippen molar-refractivity contribution >= 4 is 0 Å². The van der Waals surface area contributed by atoms with Crippen molar-refractivity contribution in [3.05, 3.63) is 0 Å². The van der Waals surface area contributed by atoms with Crippen LogP contribution in [0.3, 0.4) is 0 Å². The highest BCUT2D eigenvalue weighted by molar-refractivity contribution is 4.80. The standard InChI is InChI=1S/C14H27NO2/c1-11-5-4-6-12(8-7-11)15-13-9-16-14(2,3)17-10-13/h11-13,15H,4-10H2,1-3H3. The van der Waals surface area contributed by atoms with Gasteiger partial charge in [0.15, 0.2) is 5.79 Å². The van der Waals surface area contributed by atoms with Gasteiger partial charge in [-0.3, -0.25) is 0 Å². The minimum Gasteiger partial charge on any atom is -0.349 e. The summed E-state index contributed by atoms with van der Waals surface area (Å²) in [5.74, 6) is 0.510. The van der Waals surface area contributed by atoms with Gasteiger partial charge in [-0.15, -0.1) is 0 Å². The Hall–Kier alpha value is -0.120. The predicted octanol–water partition coefficient (Wildman–Crippen LogP) is 2.70. The number of ether oxygens (including phenoxy) is 2. The van der Waals surface area contributed by atoms with Gasteiger partial charge in [-0.1, -0.05) is 19.8 Å². The molecule has 2 fully saturated rings. The van der Waals surface area contributed by atoms with Crippen LogP contribution in [-0.4, -0.2) is 31.1 Å². The van der Waals surface area contributed by atoms with Crippen LogP contribution in [0.15, 0.2) is 0 Å². The lowest BCUT2D eigenvalue weighted by Crippen LogP contribution is -2.51. The lowest BCUT2D eigenvalue weighted by Gasteiger charge is -2.36. The molecule has 2 atom stereocenters. The van der Waals surface area contributed by atoms with Gasteiger partial charge in [0, 0.05) is 6.04 Å². The first-order valence-electron chi connectivity index (χ1n) is 7.09.